The second kappa shape index (κ2) is 9.10. The Balaban J connectivity index is 1.57. The summed E-state index contributed by atoms with van der Waals surface area (Å²) in [7, 11) is 0. The maximum atomic E-state index is 12.7. The molecule has 1 aromatic carbocycles. The SMILES string of the molecule is Cc1c(C(=O)NCCOC(C)C)sc2ncnc(NC3CCCc4ccccc43)c12. The molecule has 0 bridgehead atoms. The van der Waals surface area contributed by atoms with Gasteiger partial charge in [-0.05, 0) is 56.7 Å². The molecule has 1 atom stereocenters. The van der Waals surface area contributed by atoms with Crippen LogP contribution in [0.5, 0.6) is 0 Å². The number of aryl methyl sites for hydroxylation is 2. The lowest BCUT2D eigenvalue weighted by molar-refractivity contribution is 0.0748. The number of hydrogen-bond acceptors (Lipinski definition) is 6. The zero-order valence-corrected chi connectivity index (χ0v) is 18.5. The molecule has 1 aliphatic rings. The van der Waals surface area contributed by atoms with Gasteiger partial charge in [0.1, 0.15) is 17.0 Å². The van der Waals surface area contributed by atoms with Crippen LogP contribution >= 0.6 is 11.3 Å². The number of benzene rings is 1. The third-order valence-corrected chi connectivity index (χ3v) is 6.65. The molecular weight excluding hydrogens is 396 g/mol. The summed E-state index contributed by atoms with van der Waals surface area (Å²) in [6.45, 7) is 6.93. The highest BCUT2D eigenvalue weighted by molar-refractivity contribution is 7.20. The van der Waals surface area contributed by atoms with Crippen molar-refractivity contribution in [3.63, 3.8) is 0 Å². The van der Waals surface area contributed by atoms with Gasteiger partial charge in [-0.15, -0.1) is 11.3 Å². The molecule has 1 aliphatic carbocycles. The summed E-state index contributed by atoms with van der Waals surface area (Å²) in [4.78, 5) is 23.2. The highest BCUT2D eigenvalue weighted by Gasteiger charge is 2.23. The smallest absolute Gasteiger partial charge is 0.261 e. The van der Waals surface area contributed by atoms with E-state index in [0.717, 1.165) is 40.9 Å². The topological polar surface area (TPSA) is 76.1 Å². The number of rotatable bonds is 7. The van der Waals surface area contributed by atoms with Crippen LogP contribution in [0.4, 0.5) is 5.82 Å². The van der Waals surface area contributed by atoms with Crippen LogP contribution in [0, 0.1) is 6.92 Å². The van der Waals surface area contributed by atoms with Crippen LogP contribution in [0.1, 0.15) is 59.1 Å². The predicted octanol–water partition coefficient (Wildman–Crippen LogP) is 4.64. The maximum Gasteiger partial charge on any atom is 0.261 e. The van der Waals surface area contributed by atoms with Crippen molar-refractivity contribution in [3.8, 4) is 0 Å². The number of hydrogen-bond donors (Lipinski definition) is 2. The van der Waals surface area contributed by atoms with Crippen LogP contribution in [-0.4, -0.2) is 35.1 Å². The number of amides is 1. The first kappa shape index (κ1) is 20.8. The lowest BCUT2D eigenvalue weighted by Crippen LogP contribution is -2.27. The summed E-state index contributed by atoms with van der Waals surface area (Å²) in [5, 5.41) is 7.53. The van der Waals surface area contributed by atoms with Crippen molar-refractivity contribution in [2.45, 2.75) is 52.2 Å². The van der Waals surface area contributed by atoms with E-state index in [2.05, 4.69) is 44.9 Å². The van der Waals surface area contributed by atoms with Gasteiger partial charge in [-0.25, -0.2) is 9.97 Å². The second-order valence-electron chi connectivity index (χ2n) is 7.92. The van der Waals surface area contributed by atoms with Crippen molar-refractivity contribution in [2.75, 3.05) is 18.5 Å². The molecule has 0 aliphatic heterocycles. The number of ether oxygens (including phenoxy) is 1. The Morgan fingerprint density at radius 1 is 1.30 bits per heavy atom. The first-order valence-corrected chi connectivity index (χ1v) is 11.3. The van der Waals surface area contributed by atoms with Gasteiger partial charge in [-0.3, -0.25) is 4.79 Å². The summed E-state index contributed by atoms with van der Waals surface area (Å²) in [5.41, 5.74) is 3.66. The summed E-state index contributed by atoms with van der Waals surface area (Å²) in [5.74, 6) is 0.717. The zero-order chi connectivity index (χ0) is 21.1. The van der Waals surface area contributed by atoms with Gasteiger partial charge in [0.25, 0.3) is 5.91 Å². The van der Waals surface area contributed by atoms with Gasteiger partial charge in [0.05, 0.1) is 29.0 Å². The van der Waals surface area contributed by atoms with Crippen LogP contribution in [0.15, 0.2) is 30.6 Å². The molecular formula is C23H28N4O2S. The van der Waals surface area contributed by atoms with Gasteiger partial charge in [0, 0.05) is 6.54 Å². The first-order chi connectivity index (χ1) is 14.5. The van der Waals surface area contributed by atoms with Gasteiger partial charge >= 0.3 is 0 Å². The van der Waals surface area contributed by atoms with Crippen molar-refractivity contribution in [1.82, 2.24) is 15.3 Å². The van der Waals surface area contributed by atoms with Crippen LogP contribution in [0.2, 0.25) is 0 Å². The highest BCUT2D eigenvalue weighted by Crippen LogP contribution is 2.37. The normalized spacial score (nSPS) is 15.9. The number of aromatic nitrogens is 2. The standard InChI is InChI=1S/C23H28N4O2S/c1-14(2)29-12-11-24-22(28)20-15(3)19-21(25-13-26-23(19)30-20)27-18-10-6-8-16-7-4-5-9-17(16)18/h4-5,7,9,13-14,18H,6,8,10-12H2,1-3H3,(H,24,28)(H,25,26,27). The molecule has 3 aromatic rings. The molecule has 30 heavy (non-hydrogen) atoms. The van der Waals surface area contributed by atoms with Crippen LogP contribution in [0.3, 0.4) is 0 Å². The van der Waals surface area contributed by atoms with E-state index < -0.39 is 0 Å². The van der Waals surface area contributed by atoms with Crippen LogP contribution in [-0.2, 0) is 11.2 Å². The lowest BCUT2D eigenvalue weighted by atomic mass is 9.87. The molecule has 4 rings (SSSR count). The first-order valence-electron chi connectivity index (χ1n) is 10.5. The molecule has 158 valence electrons. The minimum absolute atomic E-state index is 0.0863. The number of nitrogens with zero attached hydrogens (tertiary/aromatic N) is 2. The Morgan fingerprint density at radius 3 is 2.97 bits per heavy atom. The van der Waals surface area contributed by atoms with Crippen LogP contribution in [0.25, 0.3) is 10.2 Å². The van der Waals surface area contributed by atoms with Crippen molar-refractivity contribution < 1.29 is 9.53 Å². The average Bonchev–Trinajstić information content (AvgIpc) is 3.09. The molecule has 1 amide bonds. The van der Waals surface area contributed by atoms with E-state index in [4.69, 9.17) is 4.74 Å². The highest BCUT2D eigenvalue weighted by atomic mass is 32.1. The monoisotopic (exact) mass is 424 g/mol. The molecule has 0 saturated carbocycles. The van der Waals surface area contributed by atoms with Crippen molar-refractivity contribution >= 4 is 33.3 Å². The summed E-state index contributed by atoms with van der Waals surface area (Å²) >= 11 is 1.41. The van der Waals surface area contributed by atoms with Gasteiger partial charge in [-0.1, -0.05) is 24.3 Å². The van der Waals surface area contributed by atoms with E-state index in [1.165, 1.54) is 22.5 Å². The molecule has 2 heterocycles. The van der Waals surface area contributed by atoms with Gasteiger partial charge in [0.2, 0.25) is 0 Å². The van der Waals surface area contributed by atoms with Crippen molar-refractivity contribution in [3.05, 3.63) is 52.2 Å². The number of nitrogens with one attached hydrogen (secondary N) is 2. The Bertz CT molecular complexity index is 1050. The number of fused-ring (bicyclic) bond motifs is 2. The van der Waals surface area contributed by atoms with E-state index in [1.807, 2.05) is 20.8 Å². The predicted molar refractivity (Wildman–Crippen MR) is 121 cm³/mol. The average molecular weight is 425 g/mol. The van der Waals surface area contributed by atoms with Crippen molar-refractivity contribution in [1.29, 1.82) is 0 Å². The maximum absolute atomic E-state index is 12.7. The molecule has 2 N–H and O–H groups in total. The second-order valence-corrected chi connectivity index (χ2v) is 8.92. The minimum atomic E-state index is -0.0863. The number of thiophene rings is 1. The third kappa shape index (κ3) is 4.32. The van der Waals surface area contributed by atoms with E-state index in [0.29, 0.717) is 18.0 Å². The number of anilines is 1. The van der Waals surface area contributed by atoms with E-state index in [-0.39, 0.29) is 18.1 Å². The Hall–Kier alpha value is -2.51. The summed E-state index contributed by atoms with van der Waals surface area (Å²) < 4.78 is 5.51. The summed E-state index contributed by atoms with van der Waals surface area (Å²) in [6.07, 6.45) is 5.07. The molecule has 0 spiro atoms. The zero-order valence-electron chi connectivity index (χ0n) is 17.7. The number of carbonyl (C=O) groups is 1. The Labute approximate surface area is 181 Å². The fourth-order valence-corrected chi connectivity index (χ4v) is 5.07. The third-order valence-electron chi connectivity index (χ3n) is 5.45. The Kier molecular flexibility index (Phi) is 6.29. The minimum Gasteiger partial charge on any atom is -0.377 e. The van der Waals surface area contributed by atoms with E-state index >= 15 is 0 Å². The lowest BCUT2D eigenvalue weighted by Gasteiger charge is -2.27. The molecule has 0 saturated heterocycles. The van der Waals surface area contributed by atoms with Gasteiger partial charge in [-0.2, -0.15) is 0 Å². The van der Waals surface area contributed by atoms with Gasteiger partial charge < -0.3 is 15.4 Å². The molecule has 6 nitrogen and oxygen atoms in total. The van der Waals surface area contributed by atoms with Crippen molar-refractivity contribution in [2.24, 2.45) is 0 Å². The molecule has 0 fully saturated rings. The fraction of sp³-hybridized carbons (Fsp3) is 0.435. The van der Waals surface area contributed by atoms with Crippen LogP contribution < -0.4 is 10.6 Å². The molecule has 0 radical (unpaired) electrons. The molecule has 7 heteroatoms. The van der Waals surface area contributed by atoms with Gasteiger partial charge in [0.15, 0.2) is 0 Å². The molecule has 2 aromatic heterocycles. The fourth-order valence-electron chi connectivity index (χ4n) is 4.01. The Morgan fingerprint density at radius 2 is 2.13 bits per heavy atom. The molecule has 1 unspecified atom stereocenters. The number of carbonyl (C=O) groups excluding carboxylic acids is 1. The summed E-state index contributed by atoms with van der Waals surface area (Å²) in [6, 6.07) is 8.82. The van der Waals surface area contributed by atoms with E-state index in [1.54, 1.807) is 6.33 Å². The largest absolute Gasteiger partial charge is 0.377 e. The van der Waals surface area contributed by atoms with E-state index in [9.17, 15) is 4.79 Å². The quantitative estimate of drug-likeness (QED) is 0.540.